The summed E-state index contributed by atoms with van der Waals surface area (Å²) in [7, 11) is 1.54. The van der Waals surface area contributed by atoms with E-state index in [0.29, 0.717) is 33.9 Å². The third-order valence-electron chi connectivity index (χ3n) is 5.74. The number of ether oxygens (including phenoxy) is 5. The summed E-state index contributed by atoms with van der Waals surface area (Å²) in [5, 5.41) is 0. The number of fused-ring (bicyclic) bond motifs is 1. The number of amides is 1. The van der Waals surface area contributed by atoms with Crippen molar-refractivity contribution < 1.29 is 33.3 Å². The second-order valence-corrected chi connectivity index (χ2v) is 7.74. The molecule has 0 aromatic heterocycles. The van der Waals surface area contributed by atoms with E-state index in [1.165, 1.54) is 0 Å². The van der Waals surface area contributed by atoms with Crippen molar-refractivity contribution in [1.29, 1.82) is 0 Å². The van der Waals surface area contributed by atoms with Gasteiger partial charge in [-0.3, -0.25) is 0 Å². The first-order chi connectivity index (χ1) is 16.5. The minimum atomic E-state index is -1.85. The monoisotopic (exact) mass is 459 g/mol. The number of rotatable bonds is 6. The van der Waals surface area contributed by atoms with Crippen LogP contribution in [0.15, 0.2) is 78.4 Å². The highest BCUT2D eigenvalue weighted by molar-refractivity contribution is 6.20. The average Bonchev–Trinajstić information content (AvgIpc) is 3.41. The molecule has 1 atom stereocenters. The fraction of sp³-hybridized carbons (Fsp3) is 0.154. The number of carbonyl (C=O) groups is 2. The molecule has 3 aromatic rings. The molecule has 1 unspecified atom stereocenters. The van der Waals surface area contributed by atoms with E-state index < -0.39 is 17.8 Å². The van der Waals surface area contributed by atoms with Gasteiger partial charge in [0, 0.05) is 17.6 Å². The van der Waals surface area contributed by atoms with Crippen LogP contribution in [0.4, 0.5) is 4.79 Å². The van der Waals surface area contributed by atoms with E-state index in [-0.39, 0.29) is 18.8 Å². The van der Waals surface area contributed by atoms with Crippen molar-refractivity contribution in [2.45, 2.75) is 12.2 Å². The lowest BCUT2D eigenvalue weighted by atomic mass is 9.87. The zero-order valence-corrected chi connectivity index (χ0v) is 18.3. The van der Waals surface area contributed by atoms with E-state index in [9.17, 15) is 9.59 Å². The van der Waals surface area contributed by atoms with Crippen molar-refractivity contribution in [3.05, 3.63) is 95.1 Å². The second-order valence-electron chi connectivity index (χ2n) is 7.74. The molecule has 3 aromatic carbocycles. The maximum absolute atomic E-state index is 13.4. The molecule has 5 rings (SSSR count). The van der Waals surface area contributed by atoms with Crippen LogP contribution in [0.1, 0.15) is 16.7 Å². The number of hydrogen-bond acceptors (Lipinski definition) is 7. The Kier molecular flexibility index (Phi) is 5.33. The number of carbonyl (C=O) groups excluding carboxylic acids is 2. The van der Waals surface area contributed by atoms with Crippen LogP contribution in [0, 0.1) is 0 Å². The Balaban J connectivity index is 1.73. The Bertz CT molecular complexity index is 1280. The third-order valence-corrected chi connectivity index (χ3v) is 5.74. The Hall–Kier alpha value is -4.46. The van der Waals surface area contributed by atoms with Gasteiger partial charge in [0.15, 0.2) is 11.5 Å². The Morgan fingerprint density at radius 2 is 1.74 bits per heavy atom. The van der Waals surface area contributed by atoms with Crippen LogP contribution >= 0.6 is 0 Å². The molecule has 0 saturated heterocycles. The number of esters is 1. The summed E-state index contributed by atoms with van der Waals surface area (Å²) in [6, 6.07) is 21.4. The molecular weight excluding hydrogens is 438 g/mol. The number of benzene rings is 3. The summed E-state index contributed by atoms with van der Waals surface area (Å²) in [4.78, 5) is 25.4. The van der Waals surface area contributed by atoms with E-state index in [4.69, 9.17) is 29.4 Å². The summed E-state index contributed by atoms with van der Waals surface area (Å²) in [5.74, 6) is -0.824. The van der Waals surface area contributed by atoms with Crippen LogP contribution in [0.5, 0.6) is 17.2 Å². The number of primary amides is 1. The van der Waals surface area contributed by atoms with Gasteiger partial charge in [-0.2, -0.15) is 0 Å². The van der Waals surface area contributed by atoms with Crippen LogP contribution in [0.25, 0.3) is 5.57 Å². The summed E-state index contributed by atoms with van der Waals surface area (Å²) < 4.78 is 27.6. The first-order valence-corrected chi connectivity index (χ1v) is 10.5. The number of hydrogen-bond donors (Lipinski definition) is 1. The highest BCUT2D eigenvalue weighted by Crippen LogP contribution is 2.48. The molecule has 8 heteroatoms. The van der Waals surface area contributed by atoms with Crippen molar-refractivity contribution in [2.75, 3.05) is 13.9 Å². The molecule has 0 fully saturated rings. The number of methoxy groups -OCH3 is 1. The zero-order chi connectivity index (χ0) is 23.7. The highest BCUT2D eigenvalue weighted by Gasteiger charge is 2.52. The lowest BCUT2D eigenvalue weighted by Crippen LogP contribution is -2.38. The Morgan fingerprint density at radius 3 is 2.44 bits per heavy atom. The zero-order valence-electron chi connectivity index (χ0n) is 18.3. The van der Waals surface area contributed by atoms with Gasteiger partial charge >= 0.3 is 17.8 Å². The van der Waals surface area contributed by atoms with Gasteiger partial charge in [0.1, 0.15) is 5.75 Å². The number of cyclic esters (lactones) is 1. The molecule has 2 aliphatic heterocycles. The van der Waals surface area contributed by atoms with Crippen molar-refractivity contribution in [3.8, 4) is 17.2 Å². The molecular formula is C26H21NO7. The van der Waals surface area contributed by atoms with E-state index in [0.717, 1.165) is 5.56 Å². The van der Waals surface area contributed by atoms with Gasteiger partial charge in [0.05, 0.1) is 12.7 Å². The summed E-state index contributed by atoms with van der Waals surface area (Å²) in [6.45, 7) is 0.0969. The topological polar surface area (TPSA) is 106 Å². The third kappa shape index (κ3) is 3.69. The predicted molar refractivity (Wildman–Crippen MR) is 121 cm³/mol. The van der Waals surface area contributed by atoms with Crippen LogP contribution in [-0.2, 0) is 26.5 Å². The van der Waals surface area contributed by atoms with Gasteiger partial charge in [-0.1, -0.05) is 36.4 Å². The molecule has 2 heterocycles. The smallest absolute Gasteiger partial charge is 0.408 e. The van der Waals surface area contributed by atoms with Crippen LogP contribution in [0.2, 0.25) is 0 Å². The van der Waals surface area contributed by atoms with Gasteiger partial charge in [-0.25, -0.2) is 9.59 Å². The number of nitrogens with two attached hydrogens (primary N) is 1. The van der Waals surface area contributed by atoms with Crippen molar-refractivity contribution in [3.63, 3.8) is 0 Å². The lowest BCUT2D eigenvalue weighted by molar-refractivity contribution is -0.184. The Morgan fingerprint density at radius 1 is 1.00 bits per heavy atom. The first-order valence-electron chi connectivity index (χ1n) is 10.5. The van der Waals surface area contributed by atoms with Crippen molar-refractivity contribution in [1.82, 2.24) is 0 Å². The predicted octanol–water partition coefficient (Wildman–Crippen LogP) is 3.93. The van der Waals surface area contributed by atoms with E-state index in [1.807, 2.05) is 30.3 Å². The van der Waals surface area contributed by atoms with Crippen LogP contribution in [0.3, 0.4) is 0 Å². The molecule has 34 heavy (non-hydrogen) atoms. The molecule has 2 N–H and O–H groups in total. The minimum absolute atomic E-state index is 0.0969. The SMILES string of the molecule is COc1ccc(C2(OC(N)=O)OC(=O)C(c3ccc4c(c3)OCO4)=C2Cc2ccccc2)cc1. The van der Waals surface area contributed by atoms with Gasteiger partial charge < -0.3 is 29.4 Å². The van der Waals surface area contributed by atoms with E-state index in [2.05, 4.69) is 0 Å². The van der Waals surface area contributed by atoms with Gasteiger partial charge in [-0.05, 0) is 47.5 Å². The normalized spacial score (nSPS) is 18.6. The van der Waals surface area contributed by atoms with E-state index >= 15 is 0 Å². The quantitative estimate of drug-likeness (QED) is 0.557. The molecule has 1 amide bonds. The molecule has 0 aliphatic carbocycles. The van der Waals surface area contributed by atoms with E-state index in [1.54, 1.807) is 49.6 Å². The molecule has 172 valence electrons. The van der Waals surface area contributed by atoms with Crippen LogP contribution in [-0.4, -0.2) is 26.0 Å². The standard InChI is InChI=1S/C26H21NO7/c1-30-19-10-8-18(9-11-19)26(34-25(27)29)20(13-16-5-3-2-4-6-16)23(24(28)33-26)17-7-12-21-22(14-17)32-15-31-21/h2-12,14H,13,15H2,1H3,(H2,27,29). The van der Waals surface area contributed by atoms with Crippen LogP contribution < -0.4 is 19.9 Å². The van der Waals surface area contributed by atoms with Crippen molar-refractivity contribution in [2.24, 2.45) is 5.73 Å². The molecule has 8 nitrogen and oxygen atoms in total. The first kappa shape index (κ1) is 21.4. The molecule has 0 radical (unpaired) electrons. The summed E-state index contributed by atoms with van der Waals surface area (Å²) in [6.07, 6.45) is -0.823. The van der Waals surface area contributed by atoms with Gasteiger partial charge in [0.25, 0.3) is 0 Å². The molecule has 0 saturated carbocycles. The maximum atomic E-state index is 13.4. The largest absolute Gasteiger partial charge is 0.497 e. The molecule has 0 bridgehead atoms. The highest BCUT2D eigenvalue weighted by atomic mass is 16.7. The minimum Gasteiger partial charge on any atom is -0.497 e. The van der Waals surface area contributed by atoms with Gasteiger partial charge in [-0.15, -0.1) is 0 Å². The molecule has 0 spiro atoms. The Labute approximate surface area is 195 Å². The second kappa shape index (κ2) is 8.47. The fourth-order valence-corrected chi connectivity index (χ4v) is 4.21. The summed E-state index contributed by atoms with van der Waals surface area (Å²) in [5.41, 5.74) is 8.03. The molecule has 2 aliphatic rings. The van der Waals surface area contributed by atoms with Crippen molar-refractivity contribution >= 4 is 17.6 Å². The summed E-state index contributed by atoms with van der Waals surface area (Å²) >= 11 is 0. The van der Waals surface area contributed by atoms with Gasteiger partial charge in [0.2, 0.25) is 6.79 Å². The lowest BCUT2D eigenvalue weighted by Gasteiger charge is -2.30. The maximum Gasteiger partial charge on any atom is 0.408 e. The fourth-order valence-electron chi connectivity index (χ4n) is 4.21. The average molecular weight is 459 g/mol.